The Hall–Kier alpha value is -0.930. The first-order valence-corrected chi connectivity index (χ1v) is 6.01. The van der Waals surface area contributed by atoms with Crippen LogP contribution < -0.4 is 5.32 Å². The Balaban J connectivity index is 1.70. The van der Waals surface area contributed by atoms with Crippen molar-refractivity contribution >= 4 is 0 Å². The number of nitrogens with zero attached hydrogens (tertiary/aromatic N) is 1. The molecule has 0 aliphatic heterocycles. The van der Waals surface area contributed by atoms with E-state index < -0.39 is 0 Å². The molecule has 1 unspecified atom stereocenters. The van der Waals surface area contributed by atoms with E-state index in [0.29, 0.717) is 6.04 Å². The first-order valence-electron chi connectivity index (χ1n) is 6.01. The Labute approximate surface area is 97.2 Å². The smallest absolute Gasteiger partial charge is 0.0618 e. The second-order valence-corrected chi connectivity index (χ2v) is 4.46. The fraction of sp³-hybridized carbons (Fsp3) is 0.615. The van der Waals surface area contributed by atoms with Crippen LogP contribution in [-0.2, 0) is 11.2 Å². The summed E-state index contributed by atoms with van der Waals surface area (Å²) in [6.45, 7) is 1.86. The van der Waals surface area contributed by atoms with Crippen LogP contribution in [0.15, 0.2) is 24.5 Å². The largest absolute Gasteiger partial charge is 0.383 e. The highest BCUT2D eigenvalue weighted by molar-refractivity contribution is 5.09. The molecule has 0 amide bonds. The van der Waals surface area contributed by atoms with Crippen LogP contribution in [-0.4, -0.2) is 31.3 Å². The maximum Gasteiger partial charge on any atom is 0.0618 e. The SMILES string of the molecule is COCC(NCCc1ccncc1)C1CC1. The molecule has 0 saturated heterocycles. The van der Waals surface area contributed by atoms with E-state index in [1.54, 1.807) is 7.11 Å². The zero-order chi connectivity index (χ0) is 11.2. The lowest BCUT2D eigenvalue weighted by Crippen LogP contribution is -2.36. The molecule has 0 radical (unpaired) electrons. The molecule has 1 aliphatic rings. The van der Waals surface area contributed by atoms with E-state index in [4.69, 9.17) is 4.74 Å². The molecule has 88 valence electrons. The number of hydrogen-bond donors (Lipinski definition) is 1. The van der Waals surface area contributed by atoms with Crippen molar-refractivity contribution in [3.63, 3.8) is 0 Å². The van der Waals surface area contributed by atoms with Gasteiger partial charge in [-0.2, -0.15) is 0 Å². The number of hydrogen-bond acceptors (Lipinski definition) is 3. The first-order chi connectivity index (χ1) is 7.90. The second kappa shape index (κ2) is 5.97. The predicted molar refractivity (Wildman–Crippen MR) is 64.3 cm³/mol. The van der Waals surface area contributed by atoms with Crippen LogP contribution in [0.5, 0.6) is 0 Å². The summed E-state index contributed by atoms with van der Waals surface area (Å²) < 4.78 is 5.24. The van der Waals surface area contributed by atoms with Crippen molar-refractivity contribution in [1.82, 2.24) is 10.3 Å². The summed E-state index contributed by atoms with van der Waals surface area (Å²) in [5.74, 6) is 0.845. The Bertz CT molecular complexity index is 298. The minimum atomic E-state index is 0.548. The van der Waals surface area contributed by atoms with E-state index in [0.717, 1.165) is 25.5 Å². The minimum absolute atomic E-state index is 0.548. The number of nitrogens with one attached hydrogen (secondary N) is 1. The molecule has 1 aromatic heterocycles. The van der Waals surface area contributed by atoms with Gasteiger partial charge < -0.3 is 10.1 Å². The fourth-order valence-corrected chi connectivity index (χ4v) is 1.99. The molecule has 3 nitrogen and oxygen atoms in total. The summed E-state index contributed by atoms with van der Waals surface area (Å²) in [6, 6.07) is 4.70. The van der Waals surface area contributed by atoms with Gasteiger partial charge in [-0.3, -0.25) is 4.98 Å². The first kappa shape index (κ1) is 11.6. The van der Waals surface area contributed by atoms with E-state index in [1.807, 2.05) is 12.4 Å². The lowest BCUT2D eigenvalue weighted by molar-refractivity contribution is 0.158. The van der Waals surface area contributed by atoms with Crippen LogP contribution in [0.3, 0.4) is 0 Å². The Morgan fingerprint density at radius 1 is 1.44 bits per heavy atom. The Kier molecular flexibility index (Phi) is 4.31. The molecule has 3 heteroatoms. The van der Waals surface area contributed by atoms with Gasteiger partial charge in [0.2, 0.25) is 0 Å². The Morgan fingerprint density at radius 2 is 2.19 bits per heavy atom. The van der Waals surface area contributed by atoms with Gasteiger partial charge in [-0.15, -0.1) is 0 Å². The fourth-order valence-electron chi connectivity index (χ4n) is 1.99. The number of methoxy groups -OCH3 is 1. The van der Waals surface area contributed by atoms with E-state index in [-0.39, 0.29) is 0 Å². The van der Waals surface area contributed by atoms with Gasteiger partial charge in [0.05, 0.1) is 6.61 Å². The molecule has 16 heavy (non-hydrogen) atoms. The van der Waals surface area contributed by atoms with Crippen molar-refractivity contribution in [2.75, 3.05) is 20.3 Å². The molecule has 1 aliphatic carbocycles. The highest BCUT2D eigenvalue weighted by Gasteiger charge is 2.30. The van der Waals surface area contributed by atoms with Crippen molar-refractivity contribution in [2.45, 2.75) is 25.3 Å². The van der Waals surface area contributed by atoms with Crippen LogP contribution in [0.2, 0.25) is 0 Å². The average Bonchev–Trinajstić information content (AvgIpc) is 3.13. The molecular weight excluding hydrogens is 200 g/mol. The second-order valence-electron chi connectivity index (χ2n) is 4.46. The van der Waals surface area contributed by atoms with E-state index in [9.17, 15) is 0 Å². The quantitative estimate of drug-likeness (QED) is 0.758. The van der Waals surface area contributed by atoms with Crippen LogP contribution in [0.25, 0.3) is 0 Å². The summed E-state index contributed by atoms with van der Waals surface area (Å²) in [7, 11) is 1.78. The summed E-state index contributed by atoms with van der Waals surface area (Å²) in [5.41, 5.74) is 1.34. The third-order valence-electron chi connectivity index (χ3n) is 3.11. The summed E-state index contributed by atoms with van der Waals surface area (Å²) >= 11 is 0. The van der Waals surface area contributed by atoms with Gasteiger partial charge in [0.15, 0.2) is 0 Å². The third-order valence-corrected chi connectivity index (χ3v) is 3.11. The zero-order valence-electron chi connectivity index (χ0n) is 9.86. The summed E-state index contributed by atoms with van der Waals surface area (Å²) in [4.78, 5) is 4.02. The highest BCUT2D eigenvalue weighted by atomic mass is 16.5. The van der Waals surface area contributed by atoms with Gasteiger partial charge in [0, 0.05) is 25.5 Å². The molecule has 0 aromatic carbocycles. The molecule has 0 bridgehead atoms. The standard InChI is InChI=1S/C13H20N2O/c1-16-10-13(12-2-3-12)15-9-6-11-4-7-14-8-5-11/h4-5,7-8,12-13,15H,2-3,6,9-10H2,1H3. The summed E-state index contributed by atoms with van der Waals surface area (Å²) in [6.07, 6.45) is 7.48. The number of aromatic nitrogens is 1. The lowest BCUT2D eigenvalue weighted by Gasteiger charge is -2.17. The van der Waals surface area contributed by atoms with Gasteiger partial charge in [-0.25, -0.2) is 0 Å². The number of rotatable bonds is 7. The topological polar surface area (TPSA) is 34.1 Å². The molecule has 1 aromatic rings. The Morgan fingerprint density at radius 3 is 2.81 bits per heavy atom. The average molecular weight is 220 g/mol. The monoisotopic (exact) mass is 220 g/mol. The van der Waals surface area contributed by atoms with Gasteiger partial charge in [0.25, 0.3) is 0 Å². The molecule has 1 fully saturated rings. The molecule has 1 heterocycles. The normalized spacial score (nSPS) is 17.3. The third kappa shape index (κ3) is 3.58. The lowest BCUT2D eigenvalue weighted by atomic mass is 10.1. The van der Waals surface area contributed by atoms with Crippen molar-refractivity contribution in [3.05, 3.63) is 30.1 Å². The van der Waals surface area contributed by atoms with Gasteiger partial charge >= 0.3 is 0 Å². The van der Waals surface area contributed by atoms with Crippen LogP contribution in [0.4, 0.5) is 0 Å². The van der Waals surface area contributed by atoms with Crippen molar-refractivity contribution in [3.8, 4) is 0 Å². The number of ether oxygens (including phenoxy) is 1. The predicted octanol–water partition coefficient (Wildman–Crippen LogP) is 1.64. The molecule has 0 spiro atoms. The van der Waals surface area contributed by atoms with Crippen molar-refractivity contribution < 1.29 is 4.74 Å². The van der Waals surface area contributed by atoms with E-state index in [1.165, 1.54) is 18.4 Å². The molecule has 1 saturated carbocycles. The minimum Gasteiger partial charge on any atom is -0.383 e. The molecule has 2 rings (SSSR count). The van der Waals surface area contributed by atoms with Crippen LogP contribution >= 0.6 is 0 Å². The summed E-state index contributed by atoms with van der Waals surface area (Å²) in [5, 5.41) is 3.59. The molecular formula is C13H20N2O. The van der Waals surface area contributed by atoms with E-state index >= 15 is 0 Å². The number of pyridine rings is 1. The van der Waals surface area contributed by atoms with E-state index in [2.05, 4.69) is 22.4 Å². The van der Waals surface area contributed by atoms with Crippen molar-refractivity contribution in [1.29, 1.82) is 0 Å². The van der Waals surface area contributed by atoms with Gasteiger partial charge in [0.1, 0.15) is 0 Å². The van der Waals surface area contributed by atoms with Crippen LogP contribution in [0, 0.1) is 5.92 Å². The zero-order valence-corrected chi connectivity index (χ0v) is 9.86. The van der Waals surface area contributed by atoms with Crippen molar-refractivity contribution in [2.24, 2.45) is 5.92 Å². The molecule has 1 N–H and O–H groups in total. The van der Waals surface area contributed by atoms with Gasteiger partial charge in [-0.05, 0) is 49.4 Å². The maximum atomic E-state index is 5.24. The van der Waals surface area contributed by atoms with Gasteiger partial charge in [-0.1, -0.05) is 0 Å². The molecule has 1 atom stereocenters. The van der Waals surface area contributed by atoms with Crippen LogP contribution in [0.1, 0.15) is 18.4 Å². The highest BCUT2D eigenvalue weighted by Crippen LogP contribution is 2.32. The maximum absolute atomic E-state index is 5.24.